The second-order valence-corrected chi connectivity index (χ2v) is 10.1. The van der Waals surface area contributed by atoms with Crippen molar-refractivity contribution in [3.05, 3.63) is 40.8 Å². The molecule has 0 spiro atoms. The van der Waals surface area contributed by atoms with Crippen molar-refractivity contribution in [2.24, 2.45) is 5.73 Å². The first kappa shape index (κ1) is 27.7. The van der Waals surface area contributed by atoms with Crippen LogP contribution in [0.15, 0.2) is 24.5 Å². The predicted octanol–water partition coefficient (Wildman–Crippen LogP) is 3.32. The molecule has 2 amide bonds. The first-order valence-corrected chi connectivity index (χ1v) is 13.5. The maximum absolute atomic E-state index is 14.1. The summed E-state index contributed by atoms with van der Waals surface area (Å²) >= 11 is 1.21. The van der Waals surface area contributed by atoms with Gasteiger partial charge in [0.15, 0.2) is 0 Å². The van der Waals surface area contributed by atoms with Gasteiger partial charge in [-0.05, 0) is 44.0 Å². The average Bonchev–Trinajstić information content (AvgIpc) is 3.26. The number of carbonyl (C=O) groups is 2. The van der Waals surface area contributed by atoms with Crippen molar-refractivity contribution < 1.29 is 23.5 Å². The fraction of sp³-hybridized carbons (Fsp3) is 0.462. The minimum Gasteiger partial charge on any atom is -0.491 e. The van der Waals surface area contributed by atoms with Crippen molar-refractivity contribution >= 4 is 44.9 Å². The molecule has 3 heterocycles. The van der Waals surface area contributed by atoms with Gasteiger partial charge in [0.05, 0.1) is 42.3 Å². The summed E-state index contributed by atoms with van der Waals surface area (Å²) in [5, 5.41) is 3.89. The highest BCUT2D eigenvalue weighted by Crippen LogP contribution is 2.36. The van der Waals surface area contributed by atoms with Gasteiger partial charge in [-0.25, -0.2) is 14.4 Å². The van der Waals surface area contributed by atoms with Crippen molar-refractivity contribution in [1.29, 1.82) is 0 Å². The van der Waals surface area contributed by atoms with Gasteiger partial charge < -0.3 is 25.4 Å². The Hall–Kier alpha value is -3.35. The third-order valence-electron chi connectivity index (χ3n) is 6.29. The van der Waals surface area contributed by atoms with E-state index in [9.17, 15) is 14.0 Å². The SMILES string of the molecule is CCCN(CCCOc1cc(F)ccc1Nc1ncnc2sc(C(N)=O)c(C)c12)CC(=O)N1CCOCC1. The molecule has 2 aromatic heterocycles. The van der Waals surface area contributed by atoms with Gasteiger partial charge in [0.25, 0.3) is 5.91 Å². The third kappa shape index (κ3) is 6.74. The molecule has 3 N–H and O–H groups in total. The van der Waals surface area contributed by atoms with E-state index >= 15 is 0 Å². The van der Waals surface area contributed by atoms with E-state index in [-0.39, 0.29) is 5.91 Å². The molecule has 0 unspecified atom stereocenters. The van der Waals surface area contributed by atoms with Gasteiger partial charge in [0.2, 0.25) is 5.91 Å². The Kier molecular flexibility index (Phi) is 9.43. The lowest BCUT2D eigenvalue weighted by Gasteiger charge is -2.30. The molecule has 0 bridgehead atoms. The fourth-order valence-corrected chi connectivity index (χ4v) is 5.41. The molecular weight excluding hydrogens is 511 g/mol. The monoisotopic (exact) mass is 544 g/mol. The quantitative estimate of drug-likeness (QED) is 0.333. The molecule has 12 heteroatoms. The molecule has 1 fully saturated rings. The number of anilines is 2. The highest BCUT2D eigenvalue weighted by molar-refractivity contribution is 7.20. The van der Waals surface area contributed by atoms with Crippen LogP contribution in [0.5, 0.6) is 5.75 Å². The molecule has 38 heavy (non-hydrogen) atoms. The number of nitrogens with one attached hydrogen (secondary N) is 1. The van der Waals surface area contributed by atoms with Gasteiger partial charge >= 0.3 is 0 Å². The van der Waals surface area contributed by atoms with E-state index in [4.69, 9.17) is 15.2 Å². The summed E-state index contributed by atoms with van der Waals surface area (Å²) in [5.41, 5.74) is 6.73. The number of fused-ring (bicyclic) bond motifs is 1. The Balaban J connectivity index is 1.40. The average molecular weight is 545 g/mol. The number of aryl methyl sites for hydroxylation is 1. The number of hydrogen-bond acceptors (Lipinski definition) is 9. The highest BCUT2D eigenvalue weighted by Gasteiger charge is 2.20. The first-order chi connectivity index (χ1) is 18.4. The number of halogens is 1. The predicted molar refractivity (Wildman–Crippen MR) is 145 cm³/mol. The number of hydrogen-bond donors (Lipinski definition) is 2. The van der Waals surface area contributed by atoms with Crippen LogP contribution in [-0.4, -0.2) is 84.1 Å². The van der Waals surface area contributed by atoms with E-state index < -0.39 is 11.7 Å². The molecule has 10 nitrogen and oxygen atoms in total. The van der Waals surface area contributed by atoms with Crippen LogP contribution >= 0.6 is 11.3 Å². The van der Waals surface area contributed by atoms with E-state index in [1.165, 1.54) is 29.8 Å². The van der Waals surface area contributed by atoms with Gasteiger partial charge in [-0.3, -0.25) is 14.5 Å². The molecular formula is C26H33FN6O4S. The van der Waals surface area contributed by atoms with Crippen LogP contribution in [0.4, 0.5) is 15.9 Å². The minimum atomic E-state index is -0.522. The Morgan fingerprint density at radius 2 is 2.05 bits per heavy atom. The molecule has 4 rings (SSSR count). The minimum absolute atomic E-state index is 0.110. The summed E-state index contributed by atoms with van der Waals surface area (Å²) in [6.45, 7) is 8.48. The summed E-state index contributed by atoms with van der Waals surface area (Å²) in [6.07, 6.45) is 2.99. The molecule has 3 aromatic rings. The fourth-order valence-electron chi connectivity index (χ4n) is 4.41. The van der Waals surface area contributed by atoms with Crippen molar-refractivity contribution in [3.8, 4) is 5.75 Å². The van der Waals surface area contributed by atoms with Crippen LogP contribution in [0.1, 0.15) is 35.0 Å². The highest BCUT2D eigenvalue weighted by atomic mass is 32.1. The zero-order chi connectivity index (χ0) is 27.1. The Labute approximate surface area is 224 Å². The van der Waals surface area contributed by atoms with E-state index in [1.54, 1.807) is 13.0 Å². The number of thiophene rings is 1. The first-order valence-electron chi connectivity index (χ1n) is 12.7. The van der Waals surface area contributed by atoms with Crippen LogP contribution in [0.25, 0.3) is 10.2 Å². The Bertz CT molecular complexity index is 1280. The molecule has 1 aliphatic heterocycles. The smallest absolute Gasteiger partial charge is 0.259 e. The topological polar surface area (TPSA) is 123 Å². The molecule has 1 aliphatic rings. The van der Waals surface area contributed by atoms with Gasteiger partial charge in [-0.15, -0.1) is 11.3 Å². The summed E-state index contributed by atoms with van der Waals surface area (Å²) in [5.74, 6) is -0.0239. The third-order valence-corrected chi connectivity index (χ3v) is 7.50. The van der Waals surface area contributed by atoms with Crippen LogP contribution in [0.2, 0.25) is 0 Å². The standard InChI is InChI=1S/C26H33FN6O4S/c1-3-7-32(15-21(34)33-9-12-36-13-10-33)8-4-11-37-20-14-18(27)5-6-19(20)31-25-22-17(2)23(24(28)35)38-26(22)30-16-29-25/h5-6,14,16H,3-4,7-13,15H2,1-2H3,(H2,28,35)(H,29,30,31). The van der Waals surface area contributed by atoms with Crippen LogP contribution in [0.3, 0.4) is 0 Å². The van der Waals surface area contributed by atoms with Crippen LogP contribution in [0, 0.1) is 12.7 Å². The molecule has 0 atom stereocenters. The van der Waals surface area contributed by atoms with E-state index in [1.807, 2.05) is 4.90 Å². The van der Waals surface area contributed by atoms with Crippen molar-refractivity contribution in [2.45, 2.75) is 26.7 Å². The Morgan fingerprint density at radius 3 is 2.79 bits per heavy atom. The number of primary amides is 1. The molecule has 0 saturated carbocycles. The molecule has 1 aromatic carbocycles. The number of nitrogens with zero attached hydrogens (tertiary/aromatic N) is 4. The molecule has 0 radical (unpaired) electrons. The summed E-state index contributed by atoms with van der Waals surface area (Å²) in [7, 11) is 0. The number of aromatic nitrogens is 2. The maximum atomic E-state index is 14.1. The van der Waals surface area contributed by atoms with Crippen LogP contribution in [-0.2, 0) is 9.53 Å². The second kappa shape index (κ2) is 12.9. The lowest BCUT2D eigenvalue weighted by molar-refractivity contribution is -0.136. The normalized spacial score (nSPS) is 13.7. The number of rotatable bonds is 12. The van der Waals surface area contributed by atoms with E-state index in [0.717, 1.165) is 13.0 Å². The van der Waals surface area contributed by atoms with Crippen molar-refractivity contribution in [2.75, 3.05) is 57.9 Å². The molecule has 204 valence electrons. The number of benzene rings is 1. The zero-order valence-electron chi connectivity index (χ0n) is 21.7. The van der Waals surface area contributed by atoms with Crippen molar-refractivity contribution in [1.82, 2.24) is 19.8 Å². The largest absolute Gasteiger partial charge is 0.491 e. The van der Waals surface area contributed by atoms with E-state index in [2.05, 4.69) is 27.1 Å². The van der Waals surface area contributed by atoms with Gasteiger partial charge in [-0.2, -0.15) is 0 Å². The lowest BCUT2D eigenvalue weighted by Crippen LogP contribution is -2.46. The Morgan fingerprint density at radius 1 is 1.26 bits per heavy atom. The lowest BCUT2D eigenvalue weighted by atomic mass is 10.2. The van der Waals surface area contributed by atoms with E-state index in [0.29, 0.717) is 90.3 Å². The summed E-state index contributed by atoms with van der Waals surface area (Å²) < 4.78 is 25.4. The number of nitrogens with two attached hydrogens (primary N) is 1. The summed E-state index contributed by atoms with van der Waals surface area (Å²) in [4.78, 5) is 38.1. The number of amides is 2. The van der Waals surface area contributed by atoms with Crippen molar-refractivity contribution in [3.63, 3.8) is 0 Å². The van der Waals surface area contributed by atoms with Gasteiger partial charge in [-0.1, -0.05) is 6.92 Å². The van der Waals surface area contributed by atoms with Gasteiger partial charge in [0, 0.05) is 25.7 Å². The zero-order valence-corrected chi connectivity index (χ0v) is 22.5. The number of ether oxygens (including phenoxy) is 2. The van der Waals surface area contributed by atoms with Gasteiger partial charge in [0.1, 0.15) is 28.5 Å². The molecule has 0 aliphatic carbocycles. The maximum Gasteiger partial charge on any atom is 0.259 e. The van der Waals surface area contributed by atoms with Crippen LogP contribution < -0.4 is 15.8 Å². The summed E-state index contributed by atoms with van der Waals surface area (Å²) in [6, 6.07) is 4.24. The second-order valence-electron chi connectivity index (χ2n) is 9.06. The number of morpholine rings is 1. The number of carbonyl (C=O) groups excluding carboxylic acids is 2. The molecule has 1 saturated heterocycles.